The fourth-order valence-electron chi connectivity index (χ4n) is 8.02. The number of benzene rings is 5. The Hall–Kier alpha value is -5.78. The van der Waals surface area contributed by atoms with Gasteiger partial charge in [0.15, 0.2) is 0 Å². The molecule has 4 heterocycles. The molecule has 9 aromatic rings. The van der Waals surface area contributed by atoms with E-state index in [1.807, 2.05) is 48.8 Å². The van der Waals surface area contributed by atoms with Crippen molar-refractivity contribution < 1.29 is 24.5 Å². The van der Waals surface area contributed by atoms with Gasteiger partial charge in [-0.2, -0.15) is 0 Å². The Kier molecular flexibility index (Phi) is 15.6. The molecule has 4 aromatic heterocycles. The Morgan fingerprint density at radius 2 is 1.08 bits per heavy atom. The zero-order valence-electron chi connectivity index (χ0n) is 38.1. The average molecular weight is 1020 g/mol. The Morgan fingerprint density at radius 3 is 1.67 bits per heavy atom. The summed E-state index contributed by atoms with van der Waals surface area (Å²) in [6.07, 6.45) is 7.02. The molecule has 4 nitrogen and oxygen atoms in total. The predicted molar refractivity (Wildman–Crippen MR) is 267 cm³/mol. The summed E-state index contributed by atoms with van der Waals surface area (Å²) in [7, 11) is -1.33. The van der Waals surface area contributed by atoms with Crippen LogP contribution in [-0.4, -0.2) is 23.0 Å². The number of furan rings is 1. The molecular formula is C57H59IrN3OSi. The van der Waals surface area contributed by atoms with Crippen LogP contribution in [0.4, 0.5) is 0 Å². The smallest absolute Gasteiger partial charge is 0.144 e. The Bertz CT molecular complexity index is 2880. The van der Waals surface area contributed by atoms with Gasteiger partial charge in [0.2, 0.25) is 0 Å². The second-order valence-corrected chi connectivity index (χ2v) is 22.6. The van der Waals surface area contributed by atoms with Crippen molar-refractivity contribution in [2.45, 2.75) is 79.4 Å². The van der Waals surface area contributed by atoms with Crippen LogP contribution in [0.15, 0.2) is 175 Å². The molecule has 0 N–H and O–H groups in total. The van der Waals surface area contributed by atoms with Crippen molar-refractivity contribution in [3.8, 4) is 44.9 Å². The summed E-state index contributed by atoms with van der Waals surface area (Å²) in [5, 5.41) is 3.78. The van der Waals surface area contributed by atoms with Gasteiger partial charge in [0.05, 0.1) is 25.2 Å². The molecule has 0 saturated carbocycles. The third kappa shape index (κ3) is 11.1. The maximum Gasteiger partial charge on any atom is 0.144 e. The van der Waals surface area contributed by atoms with Gasteiger partial charge in [-0.25, -0.2) is 0 Å². The minimum absolute atomic E-state index is 0. The third-order valence-corrected chi connectivity index (χ3v) is 13.4. The Labute approximate surface area is 389 Å². The van der Waals surface area contributed by atoms with Crippen LogP contribution in [0.2, 0.25) is 19.6 Å². The van der Waals surface area contributed by atoms with Crippen LogP contribution in [0.25, 0.3) is 66.8 Å². The molecule has 9 rings (SSSR count). The topological polar surface area (TPSA) is 51.8 Å². The van der Waals surface area contributed by atoms with Gasteiger partial charge < -0.3 is 4.42 Å². The van der Waals surface area contributed by atoms with Gasteiger partial charge >= 0.3 is 0 Å². The number of rotatable bonds is 8. The van der Waals surface area contributed by atoms with Crippen LogP contribution in [0.5, 0.6) is 0 Å². The fraction of sp³-hybridized carbons (Fsp3) is 0.211. The van der Waals surface area contributed by atoms with E-state index in [0.717, 1.165) is 51.0 Å². The molecule has 0 unspecified atom stereocenters. The zero-order valence-corrected chi connectivity index (χ0v) is 41.5. The van der Waals surface area contributed by atoms with E-state index in [4.69, 9.17) is 14.4 Å². The van der Waals surface area contributed by atoms with Crippen molar-refractivity contribution in [3.05, 3.63) is 193 Å². The molecule has 0 aliphatic heterocycles. The summed E-state index contributed by atoms with van der Waals surface area (Å²) in [6, 6.07) is 52.5. The first-order valence-electron chi connectivity index (χ1n) is 22.0. The van der Waals surface area contributed by atoms with Gasteiger partial charge in [-0.05, 0) is 100 Å². The number of pyridine rings is 3. The van der Waals surface area contributed by atoms with Crippen molar-refractivity contribution in [2.75, 3.05) is 0 Å². The molecule has 0 fully saturated rings. The van der Waals surface area contributed by atoms with Gasteiger partial charge in [0.25, 0.3) is 0 Å². The maximum atomic E-state index is 6.39. The van der Waals surface area contributed by atoms with E-state index in [-0.39, 0.29) is 20.1 Å². The van der Waals surface area contributed by atoms with Crippen LogP contribution >= 0.6 is 0 Å². The molecule has 0 aliphatic rings. The molecule has 0 saturated heterocycles. The number of aryl methyl sites for hydroxylation is 2. The van der Waals surface area contributed by atoms with E-state index >= 15 is 0 Å². The molecule has 0 atom stereocenters. The molecule has 0 aliphatic carbocycles. The standard InChI is InChI=1S/C27H23NO.C17H23NSi.C13H13N.Ir/c1-17(2)23-15-24(28-16-18(23)3)21-12-7-13-22-26-20(19-9-5-4-6-10-19)11-8-14-25(26)29-27(21)22;1-13(2)15-11-16(14-9-7-6-8-10-14)18-12-17(15)19(3,4)5;1-2-11-8-9-14-13(10-11)12-6-4-3-5-7-12;/h4-17H,1-3H3;6-13H,1-5H3;3-10H,2H2,1H3;. The van der Waals surface area contributed by atoms with Gasteiger partial charge in [0, 0.05) is 66.2 Å². The Balaban J connectivity index is 0.000000168. The molecule has 5 aromatic carbocycles. The first-order valence-corrected chi connectivity index (χ1v) is 25.5. The maximum absolute atomic E-state index is 6.39. The summed E-state index contributed by atoms with van der Waals surface area (Å²) in [5.74, 6) is 1.00. The number of fused-ring (bicyclic) bond motifs is 3. The third-order valence-electron chi connectivity index (χ3n) is 11.4. The Morgan fingerprint density at radius 1 is 0.540 bits per heavy atom. The van der Waals surface area contributed by atoms with E-state index in [1.165, 1.54) is 49.7 Å². The van der Waals surface area contributed by atoms with Gasteiger partial charge in [-0.3, -0.25) is 15.0 Å². The van der Waals surface area contributed by atoms with E-state index < -0.39 is 8.07 Å². The molecule has 1 radical (unpaired) electrons. The number of para-hydroxylation sites is 1. The molecular weight excluding hydrogens is 963 g/mol. The van der Waals surface area contributed by atoms with Crippen molar-refractivity contribution in [2.24, 2.45) is 0 Å². The van der Waals surface area contributed by atoms with Crippen LogP contribution in [0.3, 0.4) is 0 Å². The van der Waals surface area contributed by atoms with Gasteiger partial charge in [-0.1, -0.05) is 170 Å². The van der Waals surface area contributed by atoms with Crippen molar-refractivity contribution in [1.82, 2.24) is 15.0 Å². The number of aromatic nitrogens is 3. The minimum atomic E-state index is -1.33. The fourth-order valence-corrected chi connectivity index (χ4v) is 9.70. The van der Waals surface area contributed by atoms with Crippen molar-refractivity contribution >= 4 is 35.2 Å². The van der Waals surface area contributed by atoms with Crippen LogP contribution in [0, 0.1) is 6.92 Å². The number of hydrogen-bond donors (Lipinski definition) is 0. The van der Waals surface area contributed by atoms with Crippen LogP contribution in [-0.2, 0) is 26.5 Å². The first-order chi connectivity index (χ1) is 29.9. The summed E-state index contributed by atoms with van der Waals surface area (Å²) in [4.78, 5) is 13.8. The van der Waals surface area contributed by atoms with Crippen LogP contribution < -0.4 is 5.19 Å². The average Bonchev–Trinajstić information content (AvgIpc) is 3.69. The molecule has 0 amide bonds. The minimum Gasteiger partial charge on any atom is -0.455 e. The van der Waals surface area contributed by atoms with E-state index in [9.17, 15) is 0 Å². The predicted octanol–water partition coefficient (Wildman–Crippen LogP) is 15.5. The molecule has 321 valence electrons. The second kappa shape index (κ2) is 21.1. The summed E-state index contributed by atoms with van der Waals surface area (Å²) in [6.45, 7) is 20.4. The normalized spacial score (nSPS) is 11.2. The first kappa shape index (κ1) is 46.7. The molecule has 0 spiro atoms. The van der Waals surface area contributed by atoms with Gasteiger partial charge in [-0.15, -0.1) is 0 Å². The van der Waals surface area contributed by atoms with Crippen LogP contribution in [0.1, 0.15) is 68.7 Å². The number of hydrogen-bond acceptors (Lipinski definition) is 4. The summed E-state index contributed by atoms with van der Waals surface area (Å²) in [5.41, 5.74) is 16.1. The molecule has 63 heavy (non-hydrogen) atoms. The quantitative estimate of drug-likeness (QED) is 0.142. The van der Waals surface area contributed by atoms with Crippen molar-refractivity contribution in [1.29, 1.82) is 0 Å². The van der Waals surface area contributed by atoms with E-state index in [0.29, 0.717) is 11.8 Å². The van der Waals surface area contributed by atoms with Crippen molar-refractivity contribution in [3.63, 3.8) is 0 Å². The van der Waals surface area contributed by atoms with E-state index in [2.05, 4.69) is 188 Å². The number of nitrogens with zero attached hydrogens (tertiary/aromatic N) is 3. The zero-order chi connectivity index (χ0) is 43.8. The largest absolute Gasteiger partial charge is 0.455 e. The van der Waals surface area contributed by atoms with E-state index in [1.54, 1.807) is 0 Å². The monoisotopic (exact) mass is 1020 g/mol. The van der Waals surface area contributed by atoms with Gasteiger partial charge in [0.1, 0.15) is 11.2 Å². The summed E-state index contributed by atoms with van der Waals surface area (Å²) >= 11 is 0. The molecule has 6 heteroatoms. The summed E-state index contributed by atoms with van der Waals surface area (Å²) < 4.78 is 6.39. The molecule has 0 bridgehead atoms. The second-order valence-electron chi connectivity index (χ2n) is 17.6. The SMILES string of the molecule is CC(C)c1cc(-c2ccccc2)ncc1[Si](C)(C)C.CCc1ccnc(-c2ccccc2)c1.Cc1cnc(-c2cccc3c2oc2cccc(-c4ccccc4)c23)cc1C(C)C.[Ir].